The molecular weight excluding hydrogens is 260 g/mol. The number of amides is 1. The fourth-order valence-corrected chi connectivity index (χ4v) is 2.75. The Kier molecular flexibility index (Phi) is 5.69. The van der Waals surface area contributed by atoms with Crippen molar-refractivity contribution < 1.29 is 9.59 Å². The third kappa shape index (κ3) is 4.44. The zero-order chi connectivity index (χ0) is 14.6. The number of Topliss-reactive ketones (excluding diaryl/α,β-unsaturated/α-hetero) is 1. The second-order valence-electron chi connectivity index (χ2n) is 4.84. The van der Waals surface area contributed by atoms with E-state index in [1.165, 1.54) is 0 Å². The Hall–Kier alpha value is -1.20. The summed E-state index contributed by atoms with van der Waals surface area (Å²) < 4.78 is 0. The first kappa shape index (κ1) is 15.9. The highest BCUT2D eigenvalue weighted by atomic mass is 32.1. The maximum Gasteiger partial charge on any atom is 0.236 e. The molecular formula is C14H22N2O2S. The van der Waals surface area contributed by atoms with Crippen molar-refractivity contribution >= 4 is 23.0 Å². The van der Waals surface area contributed by atoms with E-state index >= 15 is 0 Å². The third-order valence-corrected chi connectivity index (χ3v) is 3.98. The maximum atomic E-state index is 12.2. The summed E-state index contributed by atoms with van der Waals surface area (Å²) in [6.45, 7) is 7.20. The van der Waals surface area contributed by atoms with Gasteiger partial charge in [0.1, 0.15) is 0 Å². The molecule has 0 aliphatic heterocycles. The van der Waals surface area contributed by atoms with Gasteiger partial charge in [-0.25, -0.2) is 0 Å². The molecule has 106 valence electrons. The molecule has 0 N–H and O–H groups in total. The first-order chi connectivity index (χ1) is 8.85. The Balaban J connectivity index is 2.68. The van der Waals surface area contributed by atoms with Crippen molar-refractivity contribution in [2.75, 3.05) is 33.7 Å². The molecule has 1 aromatic heterocycles. The van der Waals surface area contributed by atoms with Crippen LogP contribution in [0.5, 0.6) is 0 Å². The summed E-state index contributed by atoms with van der Waals surface area (Å²) in [5, 5.41) is 0. The number of nitrogens with zero attached hydrogens (tertiary/aromatic N) is 2. The summed E-state index contributed by atoms with van der Waals surface area (Å²) in [5.74, 6) is 0.114. The molecule has 0 aliphatic carbocycles. The lowest BCUT2D eigenvalue weighted by Gasteiger charge is -2.21. The first-order valence-corrected chi connectivity index (χ1v) is 7.19. The highest BCUT2D eigenvalue weighted by Crippen LogP contribution is 2.21. The zero-order valence-corrected chi connectivity index (χ0v) is 13.1. The van der Waals surface area contributed by atoms with E-state index in [-0.39, 0.29) is 18.2 Å². The van der Waals surface area contributed by atoms with Gasteiger partial charge in [0.25, 0.3) is 0 Å². The van der Waals surface area contributed by atoms with Gasteiger partial charge in [-0.2, -0.15) is 0 Å². The van der Waals surface area contributed by atoms with E-state index in [4.69, 9.17) is 0 Å². The van der Waals surface area contributed by atoms with Crippen molar-refractivity contribution in [1.82, 2.24) is 9.80 Å². The molecule has 0 radical (unpaired) electrons. The second-order valence-corrected chi connectivity index (χ2v) is 6.30. The number of thiophene rings is 1. The van der Waals surface area contributed by atoms with Gasteiger partial charge in [0.15, 0.2) is 5.78 Å². The largest absolute Gasteiger partial charge is 0.348 e. The molecule has 1 amide bonds. The van der Waals surface area contributed by atoms with Gasteiger partial charge in [-0.05, 0) is 26.5 Å². The quantitative estimate of drug-likeness (QED) is 0.749. The SMILES string of the molecule is CCN(CC(=O)c1cc(C)sc1C)CC(=O)N(C)C. The van der Waals surface area contributed by atoms with Crippen molar-refractivity contribution in [1.29, 1.82) is 0 Å². The molecule has 1 rings (SSSR count). The van der Waals surface area contributed by atoms with Crippen molar-refractivity contribution in [3.8, 4) is 0 Å². The van der Waals surface area contributed by atoms with Crippen LogP contribution >= 0.6 is 11.3 Å². The number of carbonyl (C=O) groups excluding carboxylic acids is 2. The van der Waals surface area contributed by atoms with Crippen molar-refractivity contribution in [3.05, 3.63) is 21.4 Å². The number of ketones is 1. The summed E-state index contributed by atoms with van der Waals surface area (Å²) in [6, 6.07) is 1.93. The van der Waals surface area contributed by atoms with E-state index < -0.39 is 0 Å². The number of hydrogen-bond donors (Lipinski definition) is 0. The summed E-state index contributed by atoms with van der Waals surface area (Å²) >= 11 is 1.64. The van der Waals surface area contributed by atoms with Crippen LogP contribution in [0.3, 0.4) is 0 Å². The lowest BCUT2D eigenvalue weighted by atomic mass is 10.1. The highest BCUT2D eigenvalue weighted by Gasteiger charge is 2.17. The smallest absolute Gasteiger partial charge is 0.236 e. The standard InChI is InChI=1S/C14H22N2O2S/c1-6-16(9-14(18)15(4)5)8-13(17)12-7-10(2)19-11(12)3/h7H,6,8-9H2,1-5H3. The van der Waals surface area contributed by atoms with Gasteiger partial charge >= 0.3 is 0 Å². The van der Waals surface area contributed by atoms with E-state index in [2.05, 4.69) is 0 Å². The van der Waals surface area contributed by atoms with Gasteiger partial charge in [-0.3, -0.25) is 14.5 Å². The monoisotopic (exact) mass is 282 g/mol. The molecule has 0 aliphatic rings. The molecule has 0 atom stereocenters. The van der Waals surface area contributed by atoms with Crippen LogP contribution < -0.4 is 0 Å². The van der Waals surface area contributed by atoms with Gasteiger partial charge in [-0.1, -0.05) is 6.92 Å². The van der Waals surface area contributed by atoms with Crippen LogP contribution in [0, 0.1) is 13.8 Å². The number of hydrogen-bond acceptors (Lipinski definition) is 4. The minimum atomic E-state index is 0.0212. The number of aryl methyl sites for hydroxylation is 2. The van der Waals surface area contributed by atoms with E-state index in [9.17, 15) is 9.59 Å². The highest BCUT2D eigenvalue weighted by molar-refractivity contribution is 7.12. The van der Waals surface area contributed by atoms with Crippen LogP contribution in [0.2, 0.25) is 0 Å². The van der Waals surface area contributed by atoms with Crippen LogP contribution in [0.1, 0.15) is 27.0 Å². The second kappa shape index (κ2) is 6.82. The number of likely N-dealkylation sites (N-methyl/N-ethyl adjacent to an activating group) is 2. The molecule has 1 heterocycles. The summed E-state index contributed by atoms with van der Waals surface area (Å²) in [7, 11) is 3.45. The van der Waals surface area contributed by atoms with Crippen LogP contribution in [0.25, 0.3) is 0 Å². The third-order valence-electron chi connectivity index (χ3n) is 3.01. The lowest BCUT2D eigenvalue weighted by molar-refractivity contribution is -0.129. The first-order valence-electron chi connectivity index (χ1n) is 6.37. The van der Waals surface area contributed by atoms with E-state index in [0.717, 1.165) is 15.3 Å². The maximum absolute atomic E-state index is 12.2. The predicted molar refractivity (Wildman–Crippen MR) is 78.9 cm³/mol. The number of rotatable bonds is 6. The molecule has 0 aromatic carbocycles. The van der Waals surface area contributed by atoms with Gasteiger partial charge in [0.05, 0.1) is 13.1 Å². The van der Waals surface area contributed by atoms with Crippen molar-refractivity contribution in [3.63, 3.8) is 0 Å². The molecule has 0 saturated carbocycles. The van der Waals surface area contributed by atoms with Crippen LogP contribution in [0.4, 0.5) is 0 Å². The van der Waals surface area contributed by atoms with E-state index in [1.807, 2.05) is 31.7 Å². The predicted octanol–water partition coefficient (Wildman–Crippen LogP) is 1.96. The molecule has 5 heteroatoms. The van der Waals surface area contributed by atoms with Crippen LogP contribution in [0.15, 0.2) is 6.07 Å². The Bertz CT molecular complexity index is 466. The molecule has 1 aromatic rings. The number of carbonyl (C=O) groups is 2. The fourth-order valence-electron chi connectivity index (χ4n) is 1.81. The Morgan fingerprint density at radius 1 is 1.21 bits per heavy atom. The average Bonchev–Trinajstić information content (AvgIpc) is 2.67. The summed E-state index contributed by atoms with van der Waals surface area (Å²) in [5.41, 5.74) is 0.790. The van der Waals surface area contributed by atoms with E-state index in [1.54, 1.807) is 30.3 Å². The molecule has 0 fully saturated rings. The molecule has 0 unspecified atom stereocenters. The van der Waals surface area contributed by atoms with Gasteiger partial charge < -0.3 is 4.90 Å². The normalized spacial score (nSPS) is 10.8. The molecule has 0 spiro atoms. The van der Waals surface area contributed by atoms with Crippen LogP contribution in [-0.4, -0.2) is 55.2 Å². The van der Waals surface area contributed by atoms with Crippen molar-refractivity contribution in [2.24, 2.45) is 0 Å². The van der Waals surface area contributed by atoms with Crippen molar-refractivity contribution in [2.45, 2.75) is 20.8 Å². The average molecular weight is 282 g/mol. The Labute approximate surface area is 119 Å². The minimum absolute atomic E-state index is 0.0212. The Morgan fingerprint density at radius 2 is 1.84 bits per heavy atom. The molecule has 0 saturated heterocycles. The zero-order valence-electron chi connectivity index (χ0n) is 12.3. The fraction of sp³-hybridized carbons (Fsp3) is 0.571. The lowest BCUT2D eigenvalue weighted by Crippen LogP contribution is -2.39. The minimum Gasteiger partial charge on any atom is -0.348 e. The van der Waals surface area contributed by atoms with E-state index in [0.29, 0.717) is 13.1 Å². The summed E-state index contributed by atoms with van der Waals surface area (Å²) in [4.78, 5) is 29.5. The summed E-state index contributed by atoms with van der Waals surface area (Å²) in [6.07, 6.45) is 0. The molecule has 19 heavy (non-hydrogen) atoms. The molecule has 0 bridgehead atoms. The molecule has 4 nitrogen and oxygen atoms in total. The van der Waals surface area contributed by atoms with Gasteiger partial charge in [0, 0.05) is 29.4 Å². The van der Waals surface area contributed by atoms with Gasteiger partial charge in [0.2, 0.25) is 5.91 Å². The van der Waals surface area contributed by atoms with Gasteiger partial charge in [-0.15, -0.1) is 11.3 Å². The Morgan fingerprint density at radius 3 is 2.26 bits per heavy atom. The van der Waals surface area contributed by atoms with Crippen LogP contribution in [-0.2, 0) is 4.79 Å². The topological polar surface area (TPSA) is 40.6 Å².